The molecule has 30 heavy (non-hydrogen) atoms. The monoisotopic (exact) mass is 406 g/mol. The fourth-order valence-electron chi connectivity index (χ4n) is 4.11. The summed E-state index contributed by atoms with van der Waals surface area (Å²) in [5.41, 5.74) is 2.17. The number of hydrogen-bond donors (Lipinski definition) is 2. The van der Waals surface area contributed by atoms with Gasteiger partial charge < -0.3 is 15.2 Å². The van der Waals surface area contributed by atoms with Crippen LogP contribution in [0.15, 0.2) is 42.5 Å². The highest BCUT2D eigenvalue weighted by Crippen LogP contribution is 2.31. The maximum absolute atomic E-state index is 12.4. The third kappa shape index (κ3) is 3.40. The van der Waals surface area contributed by atoms with Gasteiger partial charge in [0.2, 0.25) is 5.91 Å². The Bertz CT molecular complexity index is 1160. The minimum Gasteiger partial charge on any atom is -0.341 e. The number of fused-ring (bicyclic) bond motifs is 3. The van der Waals surface area contributed by atoms with Crippen LogP contribution in [-0.4, -0.2) is 39.4 Å². The van der Waals surface area contributed by atoms with Gasteiger partial charge in [-0.2, -0.15) is 0 Å². The van der Waals surface area contributed by atoms with E-state index in [1.165, 1.54) is 10.4 Å². The number of hydrogen-bond acceptors (Lipinski definition) is 3. The van der Waals surface area contributed by atoms with Crippen molar-refractivity contribution < 1.29 is 14.4 Å². The molecule has 1 aromatic heterocycles. The second-order valence-corrected chi connectivity index (χ2v) is 8.16. The Morgan fingerprint density at radius 3 is 2.50 bits per heavy atom. The highest BCUT2D eigenvalue weighted by atomic mass is 16.2. The number of carbonyl (C=O) groups is 3. The number of nitrogens with zero attached hydrogens (tertiary/aromatic N) is 2. The second-order valence-electron chi connectivity index (χ2n) is 8.16. The molecule has 0 atom stereocenters. The number of amides is 4. The first-order chi connectivity index (χ1) is 14.3. The van der Waals surface area contributed by atoms with Crippen LogP contribution in [0.4, 0.5) is 10.5 Å². The lowest BCUT2D eigenvalue weighted by Crippen LogP contribution is -2.40. The predicted octanol–water partition coefficient (Wildman–Crippen LogP) is 3.86. The van der Waals surface area contributed by atoms with Gasteiger partial charge in [0.15, 0.2) is 0 Å². The average molecular weight is 406 g/mol. The van der Waals surface area contributed by atoms with Gasteiger partial charge in [0.05, 0.1) is 0 Å². The maximum Gasteiger partial charge on any atom is 0.325 e. The molecular formula is C23H26N4O3. The number of carbonyl (C=O) groups excluding carboxylic acids is 3. The fourth-order valence-corrected chi connectivity index (χ4v) is 4.11. The van der Waals surface area contributed by atoms with E-state index in [1.54, 1.807) is 13.8 Å². The number of rotatable bonds is 6. The Hall–Kier alpha value is -3.35. The summed E-state index contributed by atoms with van der Waals surface area (Å²) < 4.78 is 2.26. The summed E-state index contributed by atoms with van der Waals surface area (Å²) in [6.45, 7) is 6.56. The third-order valence-electron chi connectivity index (χ3n) is 5.60. The molecule has 1 fully saturated rings. The highest BCUT2D eigenvalue weighted by molar-refractivity contribution is 6.10. The molecule has 0 spiro atoms. The molecule has 1 saturated heterocycles. The highest BCUT2D eigenvalue weighted by Gasteiger charge is 2.43. The van der Waals surface area contributed by atoms with Crippen molar-refractivity contribution in [1.29, 1.82) is 0 Å². The number of aryl methyl sites for hydroxylation is 1. The van der Waals surface area contributed by atoms with Crippen molar-refractivity contribution in [3.05, 3.63) is 42.5 Å². The summed E-state index contributed by atoms with van der Waals surface area (Å²) >= 11 is 0. The van der Waals surface area contributed by atoms with E-state index in [4.69, 9.17) is 0 Å². The van der Waals surface area contributed by atoms with Gasteiger partial charge in [-0.15, -0.1) is 0 Å². The zero-order chi connectivity index (χ0) is 21.5. The summed E-state index contributed by atoms with van der Waals surface area (Å²) in [7, 11) is 0. The second kappa shape index (κ2) is 7.48. The van der Waals surface area contributed by atoms with Crippen LogP contribution in [0, 0.1) is 0 Å². The summed E-state index contributed by atoms with van der Waals surface area (Å²) in [5.74, 6) is -0.398. The quantitative estimate of drug-likeness (QED) is 0.610. The average Bonchev–Trinajstić information content (AvgIpc) is 3.13. The van der Waals surface area contributed by atoms with Gasteiger partial charge in [-0.05, 0) is 51.5 Å². The molecule has 7 heteroatoms. The maximum atomic E-state index is 12.4. The van der Waals surface area contributed by atoms with Crippen LogP contribution in [0.3, 0.4) is 0 Å². The largest absolute Gasteiger partial charge is 0.341 e. The van der Waals surface area contributed by atoms with Gasteiger partial charge >= 0.3 is 6.03 Å². The molecule has 1 aliphatic heterocycles. The number of imide groups is 1. The van der Waals surface area contributed by atoms with Crippen molar-refractivity contribution in [3.8, 4) is 0 Å². The molecule has 7 nitrogen and oxygen atoms in total. The van der Waals surface area contributed by atoms with Crippen molar-refractivity contribution >= 4 is 45.3 Å². The molecule has 3 aromatic rings. The Morgan fingerprint density at radius 2 is 1.80 bits per heavy atom. The van der Waals surface area contributed by atoms with E-state index in [2.05, 4.69) is 34.3 Å². The number of nitrogens with one attached hydrogen (secondary N) is 2. The zero-order valence-electron chi connectivity index (χ0n) is 17.5. The molecule has 0 aliphatic carbocycles. The van der Waals surface area contributed by atoms with E-state index in [1.807, 2.05) is 30.3 Å². The molecule has 2 aromatic carbocycles. The molecule has 4 rings (SSSR count). The molecule has 156 valence electrons. The molecule has 0 unspecified atom stereocenters. The molecule has 1 aliphatic rings. The van der Waals surface area contributed by atoms with E-state index >= 15 is 0 Å². The summed E-state index contributed by atoms with van der Waals surface area (Å²) in [5, 5.41) is 7.84. The van der Waals surface area contributed by atoms with Crippen LogP contribution in [-0.2, 0) is 16.1 Å². The zero-order valence-corrected chi connectivity index (χ0v) is 17.5. The van der Waals surface area contributed by atoms with E-state index in [9.17, 15) is 14.4 Å². The van der Waals surface area contributed by atoms with E-state index < -0.39 is 11.6 Å². The number of para-hydroxylation sites is 1. The molecule has 0 radical (unpaired) electrons. The van der Waals surface area contributed by atoms with E-state index in [-0.39, 0.29) is 24.8 Å². The van der Waals surface area contributed by atoms with E-state index in [0.717, 1.165) is 28.5 Å². The SMILES string of the molecule is CCn1c2ccccc2c2cc(NC(=O)CCCN3C(=O)NC(C)(C)C3=O)ccc21. The van der Waals surface area contributed by atoms with Crippen LogP contribution in [0.2, 0.25) is 0 Å². The number of urea groups is 1. The smallest absolute Gasteiger partial charge is 0.325 e. The molecule has 2 heterocycles. The van der Waals surface area contributed by atoms with Crippen LogP contribution in [0.1, 0.15) is 33.6 Å². The van der Waals surface area contributed by atoms with Gasteiger partial charge in [0, 0.05) is 47.0 Å². The normalized spacial score (nSPS) is 15.8. The lowest BCUT2D eigenvalue weighted by molar-refractivity contribution is -0.130. The molecule has 0 bridgehead atoms. The first kappa shape index (κ1) is 19.9. The van der Waals surface area contributed by atoms with Crippen molar-refractivity contribution in [3.63, 3.8) is 0 Å². The summed E-state index contributed by atoms with van der Waals surface area (Å²) in [6.07, 6.45) is 0.644. The Balaban J connectivity index is 1.43. The fraction of sp³-hybridized carbons (Fsp3) is 0.348. The van der Waals surface area contributed by atoms with Gasteiger partial charge in [-0.3, -0.25) is 14.5 Å². The van der Waals surface area contributed by atoms with Gasteiger partial charge in [0.1, 0.15) is 5.54 Å². The third-order valence-corrected chi connectivity index (χ3v) is 5.60. The topological polar surface area (TPSA) is 83.4 Å². The van der Waals surface area contributed by atoms with Gasteiger partial charge in [-0.25, -0.2) is 4.79 Å². The first-order valence-corrected chi connectivity index (χ1v) is 10.3. The molecular weight excluding hydrogens is 380 g/mol. The van der Waals surface area contributed by atoms with Crippen molar-refractivity contribution in [1.82, 2.24) is 14.8 Å². The molecule has 2 N–H and O–H groups in total. The van der Waals surface area contributed by atoms with Crippen molar-refractivity contribution in [2.45, 2.75) is 45.7 Å². The summed E-state index contributed by atoms with van der Waals surface area (Å²) in [4.78, 5) is 37.7. The predicted molar refractivity (Wildman–Crippen MR) is 117 cm³/mol. The van der Waals surface area contributed by atoms with Crippen LogP contribution < -0.4 is 10.6 Å². The van der Waals surface area contributed by atoms with E-state index in [0.29, 0.717) is 6.42 Å². The molecule has 4 amide bonds. The molecule has 0 saturated carbocycles. The minimum atomic E-state index is -0.883. The Morgan fingerprint density at radius 1 is 1.07 bits per heavy atom. The lowest BCUT2D eigenvalue weighted by Gasteiger charge is -2.15. The number of anilines is 1. The van der Waals surface area contributed by atoms with Gasteiger partial charge in [0.25, 0.3) is 5.91 Å². The van der Waals surface area contributed by atoms with Crippen LogP contribution in [0.25, 0.3) is 21.8 Å². The van der Waals surface area contributed by atoms with Gasteiger partial charge in [-0.1, -0.05) is 18.2 Å². The van der Waals surface area contributed by atoms with Crippen LogP contribution in [0.5, 0.6) is 0 Å². The lowest BCUT2D eigenvalue weighted by atomic mass is 10.1. The standard InChI is InChI=1S/C23H26N4O3/c1-4-26-18-9-6-5-8-16(18)17-14-15(11-12-19(17)26)24-20(28)10-7-13-27-21(29)23(2,3)25-22(27)30/h5-6,8-9,11-12,14H,4,7,10,13H2,1-3H3,(H,24,28)(H,25,30). The number of aromatic nitrogens is 1. The Kier molecular flexibility index (Phi) is 4.97. The summed E-state index contributed by atoms with van der Waals surface area (Å²) in [6, 6.07) is 13.8. The number of benzene rings is 2. The Labute approximate surface area is 175 Å². The first-order valence-electron chi connectivity index (χ1n) is 10.3. The van der Waals surface area contributed by atoms with Crippen LogP contribution >= 0.6 is 0 Å². The minimum absolute atomic E-state index is 0.139. The van der Waals surface area contributed by atoms with Crippen molar-refractivity contribution in [2.75, 3.05) is 11.9 Å². The van der Waals surface area contributed by atoms with Crippen molar-refractivity contribution in [2.24, 2.45) is 0 Å².